The van der Waals surface area contributed by atoms with Gasteiger partial charge in [0.1, 0.15) is 0 Å². The Labute approximate surface area is 97.9 Å². The fraction of sp³-hybridized carbons (Fsp3) is 0.250. The van der Waals surface area contributed by atoms with Crippen molar-refractivity contribution in [1.82, 2.24) is 0 Å². The molecule has 16 heavy (non-hydrogen) atoms. The van der Waals surface area contributed by atoms with E-state index >= 15 is 0 Å². The van der Waals surface area contributed by atoms with Crippen LogP contribution in [0.4, 0.5) is 5.69 Å². The zero-order chi connectivity index (χ0) is 11.5. The molecule has 0 aliphatic heterocycles. The Balaban J connectivity index is 2.22. The van der Waals surface area contributed by atoms with Crippen molar-refractivity contribution in [1.29, 1.82) is 0 Å². The predicted octanol–water partition coefficient (Wildman–Crippen LogP) is 2.81. The predicted molar refractivity (Wildman–Crippen MR) is 67.3 cm³/mol. The molecule has 0 saturated carbocycles. The first-order valence-electron chi connectivity index (χ1n) is 5.07. The zero-order valence-electron chi connectivity index (χ0n) is 9.01. The quantitative estimate of drug-likeness (QED) is 0.885. The molecule has 0 aliphatic carbocycles. The maximum Gasteiger partial charge on any atom is 0.305 e. The molecule has 2 rings (SSSR count). The van der Waals surface area contributed by atoms with Gasteiger partial charge in [-0.3, -0.25) is 4.79 Å². The second-order valence-electron chi connectivity index (χ2n) is 3.68. The molecule has 0 unspecified atom stereocenters. The SMILES string of the molecule is CN(CCC(=O)O)c1csc2ccccc12. The highest BCUT2D eigenvalue weighted by Crippen LogP contribution is 2.32. The highest BCUT2D eigenvalue weighted by molar-refractivity contribution is 7.17. The lowest BCUT2D eigenvalue weighted by Crippen LogP contribution is -2.20. The van der Waals surface area contributed by atoms with E-state index in [0.29, 0.717) is 6.54 Å². The molecule has 0 fully saturated rings. The van der Waals surface area contributed by atoms with Gasteiger partial charge in [0.2, 0.25) is 0 Å². The molecule has 0 bridgehead atoms. The second kappa shape index (κ2) is 4.53. The summed E-state index contributed by atoms with van der Waals surface area (Å²) in [5, 5.41) is 11.9. The van der Waals surface area contributed by atoms with Gasteiger partial charge in [-0.25, -0.2) is 0 Å². The third-order valence-corrected chi connectivity index (χ3v) is 3.48. The standard InChI is InChI=1S/C12H13NO2S/c1-13(7-6-12(14)15)10-8-16-11-5-3-2-4-9(10)11/h2-5,8H,6-7H2,1H3,(H,14,15). The van der Waals surface area contributed by atoms with E-state index in [1.165, 1.54) is 10.1 Å². The number of fused-ring (bicyclic) bond motifs is 1. The van der Waals surface area contributed by atoms with Crippen LogP contribution < -0.4 is 4.90 Å². The first kappa shape index (κ1) is 11.0. The third-order valence-electron chi connectivity index (χ3n) is 2.53. The zero-order valence-corrected chi connectivity index (χ0v) is 9.83. The van der Waals surface area contributed by atoms with E-state index < -0.39 is 5.97 Å². The Hall–Kier alpha value is -1.55. The summed E-state index contributed by atoms with van der Waals surface area (Å²) in [4.78, 5) is 12.5. The van der Waals surface area contributed by atoms with E-state index in [0.717, 1.165) is 5.69 Å². The van der Waals surface area contributed by atoms with Crippen LogP contribution in [0.15, 0.2) is 29.6 Å². The van der Waals surface area contributed by atoms with Gasteiger partial charge in [0.05, 0.1) is 12.1 Å². The highest BCUT2D eigenvalue weighted by atomic mass is 32.1. The molecule has 0 saturated heterocycles. The van der Waals surface area contributed by atoms with Crippen molar-refractivity contribution in [3.05, 3.63) is 29.6 Å². The molecule has 0 spiro atoms. The van der Waals surface area contributed by atoms with Crippen molar-refractivity contribution in [3.8, 4) is 0 Å². The van der Waals surface area contributed by atoms with Crippen molar-refractivity contribution < 1.29 is 9.90 Å². The molecule has 2 aromatic rings. The van der Waals surface area contributed by atoms with Crippen molar-refractivity contribution >= 4 is 33.1 Å². The number of aliphatic carboxylic acids is 1. The summed E-state index contributed by atoms with van der Waals surface area (Å²) < 4.78 is 1.24. The number of benzene rings is 1. The van der Waals surface area contributed by atoms with Gasteiger partial charge in [-0.05, 0) is 6.07 Å². The first-order chi connectivity index (χ1) is 7.68. The van der Waals surface area contributed by atoms with Crippen molar-refractivity contribution in [2.24, 2.45) is 0 Å². The van der Waals surface area contributed by atoms with Crippen LogP contribution in [0, 0.1) is 0 Å². The van der Waals surface area contributed by atoms with Gasteiger partial charge in [0, 0.05) is 29.1 Å². The number of hydrogen-bond donors (Lipinski definition) is 1. The maximum absolute atomic E-state index is 10.5. The van der Waals surface area contributed by atoms with Crippen LogP contribution in [0.2, 0.25) is 0 Å². The molecule has 0 amide bonds. The minimum absolute atomic E-state index is 0.167. The van der Waals surface area contributed by atoms with Crippen molar-refractivity contribution in [2.75, 3.05) is 18.5 Å². The Bertz CT molecular complexity index is 506. The average molecular weight is 235 g/mol. The monoisotopic (exact) mass is 235 g/mol. The van der Waals surface area contributed by atoms with Gasteiger partial charge in [-0.1, -0.05) is 18.2 Å². The van der Waals surface area contributed by atoms with Gasteiger partial charge >= 0.3 is 5.97 Å². The second-order valence-corrected chi connectivity index (χ2v) is 4.59. The average Bonchev–Trinajstić information content (AvgIpc) is 2.69. The molecule has 0 radical (unpaired) electrons. The van der Waals surface area contributed by atoms with E-state index in [1.54, 1.807) is 11.3 Å². The minimum Gasteiger partial charge on any atom is -0.481 e. The molecule has 84 valence electrons. The molecule has 0 aliphatic rings. The van der Waals surface area contributed by atoms with E-state index in [2.05, 4.69) is 17.5 Å². The highest BCUT2D eigenvalue weighted by Gasteiger charge is 2.08. The number of rotatable bonds is 4. The van der Waals surface area contributed by atoms with Gasteiger partial charge in [-0.2, -0.15) is 0 Å². The smallest absolute Gasteiger partial charge is 0.305 e. The van der Waals surface area contributed by atoms with Crippen molar-refractivity contribution in [2.45, 2.75) is 6.42 Å². The molecule has 1 N–H and O–H groups in total. The van der Waals surface area contributed by atoms with Gasteiger partial charge in [-0.15, -0.1) is 11.3 Å². The van der Waals surface area contributed by atoms with Gasteiger partial charge < -0.3 is 10.0 Å². The Morgan fingerprint density at radius 2 is 2.19 bits per heavy atom. The number of hydrogen-bond acceptors (Lipinski definition) is 3. The molecule has 4 heteroatoms. The molecule has 0 atom stereocenters. The van der Waals surface area contributed by atoms with Crippen LogP contribution in [0.25, 0.3) is 10.1 Å². The number of thiophene rings is 1. The normalized spacial score (nSPS) is 10.6. The largest absolute Gasteiger partial charge is 0.481 e. The minimum atomic E-state index is -0.758. The summed E-state index contributed by atoms with van der Waals surface area (Å²) in [5.41, 5.74) is 1.11. The van der Waals surface area contributed by atoms with Gasteiger partial charge in [0.15, 0.2) is 0 Å². The lowest BCUT2D eigenvalue weighted by Gasteiger charge is -2.16. The molecular weight excluding hydrogens is 222 g/mol. The topological polar surface area (TPSA) is 40.5 Å². The lowest BCUT2D eigenvalue weighted by atomic mass is 10.2. The lowest BCUT2D eigenvalue weighted by molar-refractivity contribution is -0.136. The van der Waals surface area contributed by atoms with E-state index in [4.69, 9.17) is 5.11 Å². The fourth-order valence-corrected chi connectivity index (χ4v) is 2.65. The first-order valence-corrected chi connectivity index (χ1v) is 5.95. The summed E-state index contributed by atoms with van der Waals surface area (Å²) in [6.45, 7) is 0.538. The molecule has 1 aromatic carbocycles. The molecule has 1 heterocycles. The van der Waals surface area contributed by atoms with E-state index in [9.17, 15) is 4.79 Å². The van der Waals surface area contributed by atoms with Crippen LogP contribution in [0.5, 0.6) is 0 Å². The third kappa shape index (κ3) is 2.17. The van der Waals surface area contributed by atoms with Crippen molar-refractivity contribution in [3.63, 3.8) is 0 Å². The van der Waals surface area contributed by atoms with Crippen LogP contribution in [0.3, 0.4) is 0 Å². The Kier molecular flexibility index (Phi) is 3.10. The number of carbonyl (C=O) groups is 1. The number of carboxylic acid groups (broad SMARTS) is 1. The van der Waals surface area contributed by atoms with Crippen LogP contribution in [-0.2, 0) is 4.79 Å². The summed E-state index contributed by atoms with van der Waals surface area (Å²) in [7, 11) is 1.93. The summed E-state index contributed by atoms with van der Waals surface area (Å²) in [6.07, 6.45) is 0.167. The summed E-state index contributed by atoms with van der Waals surface area (Å²) in [6, 6.07) is 8.16. The van der Waals surface area contributed by atoms with E-state index in [1.807, 2.05) is 24.1 Å². The summed E-state index contributed by atoms with van der Waals surface area (Å²) >= 11 is 1.69. The Morgan fingerprint density at radius 3 is 2.94 bits per heavy atom. The van der Waals surface area contributed by atoms with E-state index in [-0.39, 0.29) is 6.42 Å². The Morgan fingerprint density at radius 1 is 1.44 bits per heavy atom. The maximum atomic E-state index is 10.5. The van der Waals surface area contributed by atoms with Gasteiger partial charge in [0.25, 0.3) is 0 Å². The number of nitrogens with zero attached hydrogens (tertiary/aromatic N) is 1. The number of carboxylic acids is 1. The van der Waals surface area contributed by atoms with Crippen LogP contribution >= 0.6 is 11.3 Å². The fourth-order valence-electron chi connectivity index (χ4n) is 1.64. The number of anilines is 1. The molecular formula is C12H13NO2S. The molecule has 3 nitrogen and oxygen atoms in total. The van der Waals surface area contributed by atoms with Crippen LogP contribution in [0.1, 0.15) is 6.42 Å². The van der Waals surface area contributed by atoms with Crippen LogP contribution in [-0.4, -0.2) is 24.7 Å². The molecule has 1 aromatic heterocycles. The summed E-state index contributed by atoms with van der Waals surface area (Å²) in [5.74, 6) is -0.758.